The lowest BCUT2D eigenvalue weighted by Crippen LogP contribution is -2.34. The second-order valence-corrected chi connectivity index (χ2v) is 8.31. The van der Waals surface area contributed by atoms with Crippen LogP contribution in [0.2, 0.25) is 0 Å². The molecule has 2 aliphatic rings. The molecule has 0 aromatic heterocycles. The van der Waals surface area contributed by atoms with E-state index in [1.54, 1.807) is 6.92 Å². The van der Waals surface area contributed by atoms with Gasteiger partial charge in [-0.2, -0.15) is 0 Å². The average molecular weight is 358 g/mol. The topological polar surface area (TPSA) is 29.5 Å². The zero-order valence-electron chi connectivity index (χ0n) is 16.6. The first-order valence-corrected chi connectivity index (χ1v) is 10.6. The number of rotatable bonds is 7. The van der Waals surface area contributed by atoms with Crippen molar-refractivity contribution in [3.8, 4) is 5.75 Å². The summed E-state index contributed by atoms with van der Waals surface area (Å²) < 4.78 is 6.22. The highest BCUT2D eigenvalue weighted by Crippen LogP contribution is 2.32. The van der Waals surface area contributed by atoms with E-state index in [9.17, 15) is 4.79 Å². The maximum absolute atomic E-state index is 11.1. The van der Waals surface area contributed by atoms with Gasteiger partial charge in [-0.25, -0.2) is 0 Å². The van der Waals surface area contributed by atoms with Crippen LogP contribution in [0.4, 0.5) is 0 Å². The predicted octanol–water partition coefficient (Wildman–Crippen LogP) is 5.19. The highest BCUT2D eigenvalue weighted by Gasteiger charge is 2.22. The number of carbonyl (C=O) groups excluding carboxylic acids is 1. The Morgan fingerprint density at radius 1 is 1.04 bits per heavy atom. The molecular weight excluding hydrogens is 322 g/mol. The lowest BCUT2D eigenvalue weighted by Gasteiger charge is -2.32. The van der Waals surface area contributed by atoms with E-state index < -0.39 is 0 Å². The van der Waals surface area contributed by atoms with Crippen LogP contribution in [0.25, 0.3) is 0 Å². The van der Waals surface area contributed by atoms with E-state index in [4.69, 9.17) is 4.74 Å². The van der Waals surface area contributed by atoms with Crippen molar-refractivity contribution in [2.75, 3.05) is 19.6 Å². The molecule has 1 aromatic rings. The minimum absolute atomic E-state index is 0.297. The Balaban J connectivity index is 1.44. The quantitative estimate of drug-likeness (QED) is 0.672. The van der Waals surface area contributed by atoms with Gasteiger partial charge in [0.2, 0.25) is 0 Å². The lowest BCUT2D eigenvalue weighted by molar-refractivity contribution is -0.117. The summed E-state index contributed by atoms with van der Waals surface area (Å²) in [4.78, 5) is 13.6. The van der Waals surface area contributed by atoms with Crippen molar-refractivity contribution >= 4 is 5.78 Å². The molecule has 0 radical (unpaired) electrons. The summed E-state index contributed by atoms with van der Waals surface area (Å²) in [5.74, 6) is 2.90. The summed E-state index contributed by atoms with van der Waals surface area (Å²) in [6, 6.07) is 8.87. The van der Waals surface area contributed by atoms with Gasteiger partial charge in [-0.05, 0) is 88.1 Å². The Labute approximate surface area is 159 Å². The maximum atomic E-state index is 11.1. The molecule has 3 rings (SSSR count). The molecule has 0 spiro atoms. The molecule has 1 saturated carbocycles. The summed E-state index contributed by atoms with van der Waals surface area (Å²) in [5, 5.41) is 0. The second kappa shape index (κ2) is 9.55. The third kappa shape index (κ3) is 5.57. The van der Waals surface area contributed by atoms with Crippen LogP contribution in [0.15, 0.2) is 24.3 Å². The Morgan fingerprint density at radius 3 is 2.27 bits per heavy atom. The lowest BCUT2D eigenvalue weighted by atomic mass is 9.86. The number of benzene rings is 1. The summed E-state index contributed by atoms with van der Waals surface area (Å²) in [7, 11) is 0. The molecule has 1 aliphatic carbocycles. The molecule has 1 saturated heterocycles. The van der Waals surface area contributed by atoms with Gasteiger partial charge in [0.1, 0.15) is 11.5 Å². The Bertz CT molecular complexity index is 552. The van der Waals surface area contributed by atoms with Gasteiger partial charge in [-0.1, -0.05) is 25.5 Å². The molecule has 1 aliphatic heterocycles. The molecule has 0 bridgehead atoms. The number of likely N-dealkylation sites (tertiary alicyclic amines) is 1. The molecule has 0 amide bonds. The van der Waals surface area contributed by atoms with Crippen LogP contribution in [0.1, 0.15) is 76.7 Å². The van der Waals surface area contributed by atoms with Gasteiger partial charge in [-0.3, -0.25) is 4.79 Å². The number of ether oxygens (including phenoxy) is 1. The van der Waals surface area contributed by atoms with Crippen molar-refractivity contribution in [2.45, 2.75) is 77.2 Å². The third-order valence-electron chi connectivity index (χ3n) is 6.39. The number of hydrogen-bond acceptors (Lipinski definition) is 3. The van der Waals surface area contributed by atoms with Crippen LogP contribution in [-0.4, -0.2) is 36.4 Å². The smallest absolute Gasteiger partial charge is 0.131 e. The van der Waals surface area contributed by atoms with Gasteiger partial charge in [-0.15, -0.1) is 0 Å². The summed E-state index contributed by atoms with van der Waals surface area (Å²) >= 11 is 0. The van der Waals surface area contributed by atoms with Crippen molar-refractivity contribution in [3.63, 3.8) is 0 Å². The van der Waals surface area contributed by atoms with Gasteiger partial charge < -0.3 is 9.64 Å². The number of piperidine rings is 1. The fraction of sp³-hybridized carbons (Fsp3) is 0.696. The molecule has 1 aromatic carbocycles. The van der Waals surface area contributed by atoms with Crippen LogP contribution in [0.3, 0.4) is 0 Å². The molecule has 0 unspecified atom stereocenters. The molecule has 3 heteroatoms. The Hall–Kier alpha value is -1.35. The maximum Gasteiger partial charge on any atom is 0.131 e. The van der Waals surface area contributed by atoms with E-state index >= 15 is 0 Å². The number of hydrogen-bond donors (Lipinski definition) is 0. The standard InChI is InChI=1S/C23H35NO2/c1-3-19-4-8-22(9-5-19)26-23-10-6-20(7-11-23)21-13-16-24(17-14-21)15-12-18(2)25/h6-7,10-11,19,21-22H,3-5,8-9,12-17H2,1-2H3. The molecule has 26 heavy (non-hydrogen) atoms. The Morgan fingerprint density at radius 2 is 1.69 bits per heavy atom. The SMILES string of the molecule is CCC1CCC(Oc2ccc(C3CCN(CCC(C)=O)CC3)cc2)CC1. The largest absolute Gasteiger partial charge is 0.490 e. The van der Waals surface area contributed by atoms with Crippen LogP contribution in [-0.2, 0) is 4.79 Å². The fourth-order valence-electron chi connectivity index (χ4n) is 4.47. The zero-order valence-corrected chi connectivity index (χ0v) is 16.6. The van der Waals surface area contributed by atoms with Crippen molar-refractivity contribution in [2.24, 2.45) is 5.92 Å². The van der Waals surface area contributed by atoms with Crippen molar-refractivity contribution in [3.05, 3.63) is 29.8 Å². The van der Waals surface area contributed by atoms with Crippen molar-refractivity contribution in [1.29, 1.82) is 0 Å². The van der Waals surface area contributed by atoms with Crippen LogP contribution >= 0.6 is 0 Å². The van der Waals surface area contributed by atoms with Gasteiger partial charge in [0.25, 0.3) is 0 Å². The number of Topliss-reactive ketones (excluding diaryl/α,β-unsaturated/α-hetero) is 1. The average Bonchev–Trinajstić information content (AvgIpc) is 2.68. The van der Waals surface area contributed by atoms with Crippen LogP contribution in [0.5, 0.6) is 5.75 Å². The first-order chi connectivity index (χ1) is 12.6. The normalized spacial score (nSPS) is 25.2. The van der Waals surface area contributed by atoms with Crippen LogP contribution in [0, 0.1) is 5.92 Å². The first-order valence-electron chi connectivity index (χ1n) is 10.6. The summed E-state index contributed by atoms with van der Waals surface area (Å²) in [6.07, 6.45) is 9.86. The molecule has 1 heterocycles. The highest BCUT2D eigenvalue weighted by atomic mass is 16.5. The van der Waals surface area contributed by atoms with Gasteiger partial charge in [0, 0.05) is 13.0 Å². The van der Waals surface area contributed by atoms with E-state index in [1.807, 2.05) is 0 Å². The minimum atomic E-state index is 0.297. The molecule has 0 atom stereocenters. The summed E-state index contributed by atoms with van der Waals surface area (Å²) in [5.41, 5.74) is 1.44. The molecular formula is C23H35NO2. The summed E-state index contributed by atoms with van der Waals surface area (Å²) in [6.45, 7) is 7.13. The van der Waals surface area contributed by atoms with Gasteiger partial charge >= 0.3 is 0 Å². The van der Waals surface area contributed by atoms with E-state index in [1.165, 1.54) is 50.5 Å². The molecule has 144 valence electrons. The Kier molecular flexibility index (Phi) is 7.13. The number of ketones is 1. The van der Waals surface area contributed by atoms with E-state index in [0.717, 1.165) is 31.3 Å². The minimum Gasteiger partial charge on any atom is -0.490 e. The first kappa shape index (κ1) is 19.4. The predicted molar refractivity (Wildman–Crippen MR) is 107 cm³/mol. The van der Waals surface area contributed by atoms with E-state index in [0.29, 0.717) is 24.2 Å². The highest BCUT2D eigenvalue weighted by molar-refractivity contribution is 5.75. The molecule has 3 nitrogen and oxygen atoms in total. The second-order valence-electron chi connectivity index (χ2n) is 8.31. The monoisotopic (exact) mass is 357 g/mol. The van der Waals surface area contributed by atoms with E-state index in [2.05, 4.69) is 36.1 Å². The fourth-order valence-corrected chi connectivity index (χ4v) is 4.47. The van der Waals surface area contributed by atoms with Crippen molar-refractivity contribution < 1.29 is 9.53 Å². The van der Waals surface area contributed by atoms with Gasteiger partial charge in [0.15, 0.2) is 0 Å². The third-order valence-corrected chi connectivity index (χ3v) is 6.39. The number of carbonyl (C=O) groups is 1. The molecule has 2 fully saturated rings. The van der Waals surface area contributed by atoms with Crippen molar-refractivity contribution in [1.82, 2.24) is 4.90 Å². The van der Waals surface area contributed by atoms with Crippen LogP contribution < -0.4 is 4.74 Å². The zero-order chi connectivity index (χ0) is 18.4. The number of nitrogens with zero attached hydrogens (tertiary/aromatic N) is 1. The molecule has 0 N–H and O–H groups in total. The van der Waals surface area contributed by atoms with E-state index in [-0.39, 0.29) is 0 Å². The van der Waals surface area contributed by atoms with Gasteiger partial charge in [0.05, 0.1) is 6.10 Å².